The standard InChI is InChI=1S/C23H28N4O3/c1-24-21-14-16(7-10-25-21)22(28)26-18-5-6-20-17(13-18)15-29-23(30-20)8-11-27(12-9-23)19-3-2-4-19/h5-7,10,13-14,19H,2-4,8-9,11-12,15H2,1H3,(H,24,25)(H,26,28). The maximum absolute atomic E-state index is 12.6. The molecule has 2 N–H and O–H groups in total. The van der Waals surface area contributed by atoms with E-state index >= 15 is 0 Å². The molecule has 1 amide bonds. The van der Waals surface area contributed by atoms with Crippen molar-refractivity contribution < 1.29 is 14.3 Å². The molecule has 5 rings (SSSR count). The Kier molecular flexibility index (Phi) is 5.08. The van der Waals surface area contributed by atoms with E-state index in [0.717, 1.165) is 49.0 Å². The Morgan fingerprint density at radius 2 is 2.03 bits per heavy atom. The molecular formula is C23H28N4O3. The van der Waals surface area contributed by atoms with Gasteiger partial charge in [-0.3, -0.25) is 9.69 Å². The summed E-state index contributed by atoms with van der Waals surface area (Å²) >= 11 is 0. The number of fused-ring (bicyclic) bond motifs is 1. The smallest absolute Gasteiger partial charge is 0.255 e. The van der Waals surface area contributed by atoms with Gasteiger partial charge in [0, 0.05) is 62.0 Å². The maximum atomic E-state index is 12.6. The number of nitrogens with zero attached hydrogens (tertiary/aromatic N) is 2. The van der Waals surface area contributed by atoms with Crippen LogP contribution in [0.2, 0.25) is 0 Å². The van der Waals surface area contributed by atoms with Crippen molar-refractivity contribution in [1.82, 2.24) is 9.88 Å². The second-order valence-corrected chi connectivity index (χ2v) is 8.38. The fraction of sp³-hybridized carbons (Fsp3) is 0.478. The predicted octanol–water partition coefficient (Wildman–Crippen LogP) is 3.63. The van der Waals surface area contributed by atoms with Crippen LogP contribution in [0, 0.1) is 0 Å². The van der Waals surface area contributed by atoms with Gasteiger partial charge in [-0.2, -0.15) is 0 Å². The highest BCUT2D eigenvalue weighted by molar-refractivity contribution is 6.04. The normalized spacial score (nSPS) is 20.7. The highest BCUT2D eigenvalue weighted by Crippen LogP contribution is 2.40. The second-order valence-electron chi connectivity index (χ2n) is 8.38. The van der Waals surface area contributed by atoms with Gasteiger partial charge in [-0.1, -0.05) is 6.42 Å². The van der Waals surface area contributed by atoms with E-state index in [0.29, 0.717) is 18.0 Å². The summed E-state index contributed by atoms with van der Waals surface area (Å²) in [6.45, 7) is 2.57. The van der Waals surface area contributed by atoms with Crippen LogP contribution < -0.4 is 15.4 Å². The van der Waals surface area contributed by atoms with Crippen LogP contribution in [0.25, 0.3) is 0 Å². The van der Waals surface area contributed by atoms with Crippen LogP contribution >= 0.6 is 0 Å². The van der Waals surface area contributed by atoms with E-state index < -0.39 is 5.79 Å². The van der Waals surface area contributed by atoms with E-state index in [4.69, 9.17) is 9.47 Å². The summed E-state index contributed by atoms with van der Waals surface area (Å²) in [6, 6.07) is 9.96. The molecule has 1 spiro atoms. The maximum Gasteiger partial charge on any atom is 0.255 e. The van der Waals surface area contributed by atoms with Gasteiger partial charge in [-0.15, -0.1) is 0 Å². The van der Waals surface area contributed by atoms with Gasteiger partial charge in [0.2, 0.25) is 5.79 Å². The zero-order chi connectivity index (χ0) is 20.6. The van der Waals surface area contributed by atoms with Gasteiger partial charge in [0.15, 0.2) is 0 Å². The van der Waals surface area contributed by atoms with Gasteiger partial charge in [0.05, 0.1) is 6.61 Å². The summed E-state index contributed by atoms with van der Waals surface area (Å²) < 4.78 is 12.5. The lowest BCUT2D eigenvalue weighted by Gasteiger charge is -2.47. The van der Waals surface area contributed by atoms with Crippen LogP contribution in [0.4, 0.5) is 11.5 Å². The molecule has 30 heavy (non-hydrogen) atoms. The zero-order valence-electron chi connectivity index (χ0n) is 17.3. The summed E-state index contributed by atoms with van der Waals surface area (Å²) in [5.41, 5.74) is 2.24. The summed E-state index contributed by atoms with van der Waals surface area (Å²) in [7, 11) is 1.78. The Balaban J connectivity index is 1.24. The number of carbonyl (C=O) groups excluding carboxylic acids is 1. The van der Waals surface area contributed by atoms with Crippen LogP contribution in [0.15, 0.2) is 36.5 Å². The number of piperidine rings is 1. The molecule has 1 aromatic carbocycles. The zero-order valence-corrected chi connectivity index (χ0v) is 17.3. The van der Waals surface area contributed by atoms with Crippen LogP contribution in [0.1, 0.15) is 48.0 Å². The van der Waals surface area contributed by atoms with Crippen LogP contribution in [-0.2, 0) is 11.3 Å². The average molecular weight is 409 g/mol. The SMILES string of the molecule is CNc1cc(C(=O)Nc2ccc3c(c2)COC2(CCN(C4CCC4)CC2)O3)ccn1. The van der Waals surface area contributed by atoms with E-state index in [1.54, 1.807) is 25.4 Å². The largest absolute Gasteiger partial charge is 0.462 e. The quantitative estimate of drug-likeness (QED) is 0.805. The number of hydrogen-bond acceptors (Lipinski definition) is 6. The van der Waals surface area contributed by atoms with Gasteiger partial charge in [-0.25, -0.2) is 4.98 Å². The number of carbonyl (C=O) groups is 1. The molecule has 0 radical (unpaired) electrons. The van der Waals surface area contributed by atoms with Crippen molar-refractivity contribution >= 4 is 17.4 Å². The molecule has 158 valence electrons. The highest BCUT2D eigenvalue weighted by atomic mass is 16.7. The Labute approximate surface area is 176 Å². The first-order valence-corrected chi connectivity index (χ1v) is 10.8. The van der Waals surface area contributed by atoms with Gasteiger partial charge in [0.25, 0.3) is 5.91 Å². The van der Waals surface area contributed by atoms with E-state index in [1.165, 1.54) is 19.3 Å². The molecule has 1 aliphatic carbocycles. The fourth-order valence-corrected chi connectivity index (χ4v) is 4.45. The topological polar surface area (TPSA) is 75.7 Å². The molecule has 7 nitrogen and oxygen atoms in total. The van der Waals surface area contributed by atoms with E-state index in [-0.39, 0.29) is 5.91 Å². The fourth-order valence-electron chi connectivity index (χ4n) is 4.45. The number of anilines is 2. The Bertz CT molecular complexity index is 936. The Hall–Kier alpha value is -2.64. The lowest BCUT2D eigenvalue weighted by molar-refractivity contribution is -0.231. The molecule has 1 saturated carbocycles. The number of pyridine rings is 1. The van der Waals surface area contributed by atoms with Crippen molar-refractivity contribution in [2.75, 3.05) is 30.8 Å². The number of amides is 1. The molecule has 1 aromatic heterocycles. The predicted molar refractivity (Wildman–Crippen MR) is 115 cm³/mol. The molecule has 1 saturated heterocycles. The molecule has 2 aromatic rings. The third kappa shape index (κ3) is 3.75. The summed E-state index contributed by atoms with van der Waals surface area (Å²) in [5.74, 6) is 0.839. The van der Waals surface area contributed by atoms with Crippen molar-refractivity contribution in [3.63, 3.8) is 0 Å². The third-order valence-electron chi connectivity index (χ3n) is 6.53. The van der Waals surface area contributed by atoms with Crippen molar-refractivity contribution in [2.24, 2.45) is 0 Å². The van der Waals surface area contributed by atoms with Crippen molar-refractivity contribution in [1.29, 1.82) is 0 Å². The van der Waals surface area contributed by atoms with Crippen LogP contribution in [0.3, 0.4) is 0 Å². The average Bonchev–Trinajstić information content (AvgIpc) is 2.74. The lowest BCUT2D eigenvalue weighted by Crippen LogP contribution is -2.54. The molecule has 0 bridgehead atoms. The van der Waals surface area contributed by atoms with Gasteiger partial charge in [0.1, 0.15) is 11.6 Å². The van der Waals surface area contributed by atoms with Gasteiger partial charge in [-0.05, 0) is 43.2 Å². The first-order valence-electron chi connectivity index (χ1n) is 10.8. The van der Waals surface area contributed by atoms with E-state index in [2.05, 4.69) is 20.5 Å². The molecule has 7 heteroatoms. The molecule has 0 atom stereocenters. The first kappa shape index (κ1) is 19.3. The number of likely N-dealkylation sites (tertiary alicyclic amines) is 1. The van der Waals surface area contributed by atoms with Crippen molar-refractivity contribution in [3.05, 3.63) is 47.7 Å². The molecule has 2 aliphatic heterocycles. The van der Waals surface area contributed by atoms with Gasteiger partial charge < -0.3 is 20.1 Å². The molecule has 3 heterocycles. The minimum atomic E-state index is -0.501. The summed E-state index contributed by atoms with van der Waals surface area (Å²) in [4.78, 5) is 19.3. The van der Waals surface area contributed by atoms with Crippen molar-refractivity contribution in [3.8, 4) is 5.75 Å². The number of benzene rings is 1. The Morgan fingerprint density at radius 1 is 1.20 bits per heavy atom. The first-order chi connectivity index (χ1) is 14.6. The minimum Gasteiger partial charge on any atom is -0.462 e. The van der Waals surface area contributed by atoms with Crippen LogP contribution in [-0.4, -0.2) is 47.8 Å². The number of rotatable bonds is 4. The minimum absolute atomic E-state index is 0.175. The van der Waals surface area contributed by atoms with E-state index in [9.17, 15) is 4.79 Å². The summed E-state index contributed by atoms with van der Waals surface area (Å²) in [6.07, 6.45) is 7.45. The lowest BCUT2D eigenvalue weighted by atomic mass is 9.89. The third-order valence-corrected chi connectivity index (χ3v) is 6.53. The molecule has 3 aliphatic rings. The van der Waals surface area contributed by atoms with E-state index in [1.807, 2.05) is 18.2 Å². The van der Waals surface area contributed by atoms with Crippen molar-refractivity contribution in [2.45, 2.75) is 50.5 Å². The monoisotopic (exact) mass is 408 g/mol. The highest BCUT2D eigenvalue weighted by Gasteiger charge is 2.42. The number of ether oxygens (including phenoxy) is 2. The number of hydrogen-bond donors (Lipinski definition) is 2. The number of aromatic nitrogens is 1. The molecule has 0 unspecified atom stereocenters. The second kappa shape index (κ2) is 7.89. The van der Waals surface area contributed by atoms with Gasteiger partial charge >= 0.3 is 0 Å². The number of nitrogens with one attached hydrogen (secondary N) is 2. The molecule has 2 fully saturated rings. The van der Waals surface area contributed by atoms with Crippen LogP contribution in [0.5, 0.6) is 5.75 Å². The Morgan fingerprint density at radius 3 is 2.77 bits per heavy atom. The summed E-state index contributed by atoms with van der Waals surface area (Å²) in [5, 5.41) is 5.89. The molecular weight excluding hydrogens is 380 g/mol.